The molecule has 1 aromatic heterocycles. The van der Waals surface area contributed by atoms with E-state index in [0.717, 1.165) is 22.5 Å². The van der Waals surface area contributed by atoms with Crippen molar-refractivity contribution in [1.29, 1.82) is 0 Å². The Morgan fingerprint density at radius 3 is 2.74 bits per heavy atom. The molecule has 2 rings (SSSR count). The SMILES string of the molecule is Cc1ccc(C)c(NC(=O)CCn2ccc(C)n2)c1. The molecule has 0 saturated heterocycles. The van der Waals surface area contributed by atoms with Crippen LogP contribution < -0.4 is 5.32 Å². The first kappa shape index (κ1) is 13.3. The van der Waals surface area contributed by atoms with Crippen LogP contribution >= 0.6 is 0 Å². The van der Waals surface area contributed by atoms with Crippen LogP contribution in [0.15, 0.2) is 30.5 Å². The van der Waals surface area contributed by atoms with Gasteiger partial charge in [-0.1, -0.05) is 12.1 Å². The van der Waals surface area contributed by atoms with Crippen LogP contribution in [0.1, 0.15) is 23.2 Å². The van der Waals surface area contributed by atoms with Crippen LogP contribution in [0.3, 0.4) is 0 Å². The Labute approximate surface area is 113 Å². The van der Waals surface area contributed by atoms with E-state index in [2.05, 4.69) is 10.4 Å². The molecule has 0 fully saturated rings. The predicted octanol–water partition coefficient (Wildman–Crippen LogP) is 2.84. The summed E-state index contributed by atoms with van der Waals surface area (Å²) >= 11 is 0. The average Bonchev–Trinajstić information content (AvgIpc) is 2.77. The van der Waals surface area contributed by atoms with E-state index in [-0.39, 0.29) is 5.91 Å². The summed E-state index contributed by atoms with van der Waals surface area (Å²) in [6.07, 6.45) is 2.31. The van der Waals surface area contributed by atoms with E-state index in [1.807, 2.05) is 51.2 Å². The molecule has 1 N–H and O–H groups in total. The van der Waals surface area contributed by atoms with E-state index in [4.69, 9.17) is 0 Å². The number of hydrogen-bond acceptors (Lipinski definition) is 2. The summed E-state index contributed by atoms with van der Waals surface area (Å²) in [5.41, 5.74) is 4.08. The van der Waals surface area contributed by atoms with Crippen molar-refractivity contribution in [3.8, 4) is 0 Å². The van der Waals surface area contributed by atoms with Crippen LogP contribution in [0.25, 0.3) is 0 Å². The van der Waals surface area contributed by atoms with Crippen molar-refractivity contribution in [2.75, 3.05) is 5.32 Å². The lowest BCUT2D eigenvalue weighted by Gasteiger charge is -2.09. The highest BCUT2D eigenvalue weighted by Crippen LogP contribution is 2.16. The molecule has 0 atom stereocenters. The molecule has 0 bridgehead atoms. The molecule has 19 heavy (non-hydrogen) atoms. The van der Waals surface area contributed by atoms with Gasteiger partial charge in [-0.2, -0.15) is 5.10 Å². The zero-order valence-corrected chi connectivity index (χ0v) is 11.6. The second kappa shape index (κ2) is 5.69. The highest BCUT2D eigenvalue weighted by atomic mass is 16.1. The summed E-state index contributed by atoms with van der Waals surface area (Å²) in [6.45, 7) is 6.55. The molecule has 0 saturated carbocycles. The average molecular weight is 257 g/mol. The highest BCUT2D eigenvalue weighted by Gasteiger charge is 2.05. The van der Waals surface area contributed by atoms with E-state index < -0.39 is 0 Å². The van der Waals surface area contributed by atoms with E-state index in [0.29, 0.717) is 13.0 Å². The molecule has 0 radical (unpaired) electrons. The van der Waals surface area contributed by atoms with Gasteiger partial charge in [-0.3, -0.25) is 9.48 Å². The van der Waals surface area contributed by atoms with Gasteiger partial charge in [0, 0.05) is 24.8 Å². The van der Waals surface area contributed by atoms with Crippen LogP contribution in [0.2, 0.25) is 0 Å². The minimum absolute atomic E-state index is 0.0156. The first-order chi connectivity index (χ1) is 9.04. The fourth-order valence-corrected chi connectivity index (χ4v) is 1.89. The van der Waals surface area contributed by atoms with Crippen molar-refractivity contribution < 1.29 is 4.79 Å². The standard InChI is InChI=1S/C15H19N3O/c1-11-4-5-12(2)14(10-11)16-15(19)7-9-18-8-6-13(3)17-18/h4-6,8,10H,7,9H2,1-3H3,(H,16,19). The number of amides is 1. The topological polar surface area (TPSA) is 46.9 Å². The molecule has 0 unspecified atom stereocenters. The maximum atomic E-state index is 11.9. The van der Waals surface area contributed by atoms with E-state index >= 15 is 0 Å². The fraction of sp³-hybridized carbons (Fsp3) is 0.333. The molecular weight excluding hydrogens is 238 g/mol. The van der Waals surface area contributed by atoms with Gasteiger partial charge in [0.2, 0.25) is 5.91 Å². The van der Waals surface area contributed by atoms with E-state index in [1.165, 1.54) is 0 Å². The van der Waals surface area contributed by atoms with Gasteiger partial charge in [-0.15, -0.1) is 0 Å². The Hall–Kier alpha value is -2.10. The first-order valence-corrected chi connectivity index (χ1v) is 6.42. The van der Waals surface area contributed by atoms with Gasteiger partial charge in [0.1, 0.15) is 0 Å². The maximum absolute atomic E-state index is 11.9. The lowest BCUT2D eigenvalue weighted by atomic mass is 10.1. The number of carbonyl (C=O) groups is 1. The molecule has 100 valence electrons. The molecule has 2 aromatic rings. The second-order valence-corrected chi connectivity index (χ2v) is 4.84. The van der Waals surface area contributed by atoms with E-state index in [1.54, 1.807) is 4.68 Å². The molecule has 0 aliphatic heterocycles. The zero-order chi connectivity index (χ0) is 13.8. The molecule has 0 aliphatic carbocycles. The number of hydrogen-bond donors (Lipinski definition) is 1. The number of nitrogens with zero attached hydrogens (tertiary/aromatic N) is 2. The summed E-state index contributed by atoms with van der Waals surface area (Å²) in [4.78, 5) is 11.9. The van der Waals surface area contributed by atoms with Crippen molar-refractivity contribution >= 4 is 11.6 Å². The number of aromatic nitrogens is 2. The lowest BCUT2D eigenvalue weighted by molar-refractivity contribution is -0.116. The minimum Gasteiger partial charge on any atom is -0.326 e. The quantitative estimate of drug-likeness (QED) is 0.915. The number of benzene rings is 1. The minimum atomic E-state index is 0.0156. The number of anilines is 1. The Morgan fingerprint density at radius 2 is 2.05 bits per heavy atom. The summed E-state index contributed by atoms with van der Waals surface area (Å²) < 4.78 is 1.79. The number of carbonyl (C=O) groups excluding carboxylic acids is 1. The first-order valence-electron chi connectivity index (χ1n) is 6.42. The molecule has 1 aromatic carbocycles. The summed E-state index contributed by atoms with van der Waals surface area (Å²) in [7, 11) is 0. The van der Waals surface area contributed by atoms with Gasteiger partial charge in [0.05, 0.1) is 5.69 Å². The summed E-state index contributed by atoms with van der Waals surface area (Å²) in [5.74, 6) is 0.0156. The van der Waals surface area contributed by atoms with Gasteiger partial charge in [-0.05, 0) is 44.0 Å². The highest BCUT2D eigenvalue weighted by molar-refractivity contribution is 5.91. The molecular formula is C15H19N3O. The fourth-order valence-electron chi connectivity index (χ4n) is 1.89. The maximum Gasteiger partial charge on any atom is 0.226 e. The largest absolute Gasteiger partial charge is 0.326 e. The molecule has 4 nitrogen and oxygen atoms in total. The molecule has 0 aliphatic rings. The van der Waals surface area contributed by atoms with Crippen LogP contribution in [0.5, 0.6) is 0 Å². The van der Waals surface area contributed by atoms with Crippen molar-refractivity contribution in [2.24, 2.45) is 0 Å². The summed E-state index contributed by atoms with van der Waals surface area (Å²) in [6, 6.07) is 7.98. The monoisotopic (exact) mass is 257 g/mol. The van der Waals surface area contributed by atoms with Crippen molar-refractivity contribution in [2.45, 2.75) is 33.7 Å². The molecule has 4 heteroatoms. The van der Waals surface area contributed by atoms with Gasteiger partial charge in [0.15, 0.2) is 0 Å². The van der Waals surface area contributed by atoms with Crippen LogP contribution in [-0.2, 0) is 11.3 Å². The number of nitrogens with one attached hydrogen (secondary N) is 1. The Kier molecular flexibility index (Phi) is 4.00. The molecule has 0 spiro atoms. The van der Waals surface area contributed by atoms with E-state index in [9.17, 15) is 4.79 Å². The normalized spacial score (nSPS) is 10.5. The Balaban J connectivity index is 1.92. The third kappa shape index (κ3) is 3.68. The molecule has 1 heterocycles. The third-order valence-corrected chi connectivity index (χ3v) is 3.01. The van der Waals surface area contributed by atoms with Gasteiger partial charge < -0.3 is 5.32 Å². The van der Waals surface area contributed by atoms with Crippen LogP contribution in [0.4, 0.5) is 5.69 Å². The molecule has 1 amide bonds. The van der Waals surface area contributed by atoms with Gasteiger partial charge in [-0.25, -0.2) is 0 Å². The van der Waals surface area contributed by atoms with Crippen molar-refractivity contribution in [1.82, 2.24) is 9.78 Å². The van der Waals surface area contributed by atoms with Crippen molar-refractivity contribution in [3.63, 3.8) is 0 Å². The Morgan fingerprint density at radius 1 is 1.26 bits per heavy atom. The smallest absolute Gasteiger partial charge is 0.226 e. The number of aryl methyl sites for hydroxylation is 4. The zero-order valence-electron chi connectivity index (χ0n) is 11.6. The van der Waals surface area contributed by atoms with Gasteiger partial charge in [0.25, 0.3) is 0 Å². The number of rotatable bonds is 4. The van der Waals surface area contributed by atoms with Gasteiger partial charge >= 0.3 is 0 Å². The van der Waals surface area contributed by atoms with Crippen LogP contribution in [-0.4, -0.2) is 15.7 Å². The predicted molar refractivity (Wildman–Crippen MR) is 76.1 cm³/mol. The third-order valence-electron chi connectivity index (χ3n) is 3.01. The summed E-state index contributed by atoms with van der Waals surface area (Å²) in [5, 5.41) is 7.21. The lowest BCUT2D eigenvalue weighted by Crippen LogP contribution is -2.15. The Bertz CT molecular complexity index is 587. The second-order valence-electron chi connectivity index (χ2n) is 4.84. The van der Waals surface area contributed by atoms with Crippen LogP contribution in [0, 0.1) is 20.8 Å². The van der Waals surface area contributed by atoms with Crippen molar-refractivity contribution in [3.05, 3.63) is 47.3 Å².